The van der Waals surface area contributed by atoms with Crippen LogP contribution in [-0.4, -0.2) is 18.0 Å². The van der Waals surface area contributed by atoms with E-state index in [0.717, 1.165) is 37.8 Å². The first-order valence-electron chi connectivity index (χ1n) is 9.47. The predicted molar refractivity (Wildman–Crippen MR) is 119 cm³/mol. The summed E-state index contributed by atoms with van der Waals surface area (Å²) in [5.74, 6) is 0.805. The molecule has 5 heteroatoms. The molecule has 0 unspecified atom stereocenters. The van der Waals surface area contributed by atoms with Gasteiger partial charge >= 0.3 is 0 Å². The van der Waals surface area contributed by atoms with Crippen molar-refractivity contribution in [2.24, 2.45) is 0 Å². The van der Waals surface area contributed by atoms with Crippen LogP contribution in [0.15, 0.2) is 72.8 Å². The van der Waals surface area contributed by atoms with E-state index in [9.17, 15) is 4.79 Å². The molecule has 4 aromatic rings. The van der Waals surface area contributed by atoms with E-state index in [0.29, 0.717) is 13.0 Å². The van der Waals surface area contributed by atoms with Gasteiger partial charge in [-0.1, -0.05) is 65.9 Å². The first kappa shape index (κ1) is 19.2. The van der Waals surface area contributed by atoms with Gasteiger partial charge in [-0.25, -0.2) is 4.98 Å². The lowest BCUT2D eigenvalue weighted by Crippen LogP contribution is -2.31. The number of carbonyl (C=O) groups is 1. The third-order valence-corrected chi connectivity index (χ3v) is 5.88. The van der Waals surface area contributed by atoms with E-state index in [1.165, 1.54) is 0 Å². The highest BCUT2D eigenvalue weighted by atomic mass is 32.1. The van der Waals surface area contributed by atoms with Gasteiger partial charge in [0.25, 0.3) is 0 Å². The van der Waals surface area contributed by atoms with Gasteiger partial charge in [-0.05, 0) is 41.8 Å². The fourth-order valence-corrected chi connectivity index (χ4v) is 4.29. The number of amides is 1. The van der Waals surface area contributed by atoms with Crippen LogP contribution in [0.2, 0.25) is 0 Å². The molecule has 1 amide bonds. The molecule has 0 radical (unpaired) electrons. The van der Waals surface area contributed by atoms with E-state index >= 15 is 0 Å². The summed E-state index contributed by atoms with van der Waals surface area (Å²) in [6.07, 6.45) is 0.311. The summed E-state index contributed by atoms with van der Waals surface area (Å²) in [5, 5.41) is 0.733. The Morgan fingerprint density at radius 3 is 2.41 bits per heavy atom. The summed E-state index contributed by atoms with van der Waals surface area (Å²) in [6.45, 7) is 2.54. The van der Waals surface area contributed by atoms with Crippen molar-refractivity contribution in [3.05, 3.63) is 89.5 Å². The summed E-state index contributed by atoms with van der Waals surface area (Å²) in [6, 6.07) is 23.8. The maximum atomic E-state index is 13.3. The minimum absolute atomic E-state index is 0.0238. The molecule has 0 bridgehead atoms. The van der Waals surface area contributed by atoms with Crippen LogP contribution >= 0.6 is 11.3 Å². The van der Waals surface area contributed by atoms with Gasteiger partial charge in [0.15, 0.2) is 5.13 Å². The third-order valence-electron chi connectivity index (χ3n) is 4.84. The monoisotopic (exact) mass is 402 g/mol. The van der Waals surface area contributed by atoms with Gasteiger partial charge in [0.2, 0.25) is 5.91 Å². The number of methoxy groups -OCH3 is 1. The molecule has 1 heterocycles. The van der Waals surface area contributed by atoms with Gasteiger partial charge in [0.05, 0.1) is 30.3 Å². The number of para-hydroxylation sites is 1. The number of anilines is 1. The first-order valence-corrected chi connectivity index (χ1v) is 10.3. The highest BCUT2D eigenvalue weighted by Crippen LogP contribution is 2.32. The molecule has 0 saturated carbocycles. The number of nitrogens with zero attached hydrogens (tertiary/aromatic N) is 2. The normalized spacial score (nSPS) is 10.8. The van der Waals surface area contributed by atoms with Crippen molar-refractivity contribution >= 4 is 32.6 Å². The van der Waals surface area contributed by atoms with Gasteiger partial charge < -0.3 is 4.74 Å². The number of aryl methyl sites for hydroxylation is 1. The minimum atomic E-state index is 0.0238. The number of hydrogen-bond donors (Lipinski definition) is 0. The van der Waals surface area contributed by atoms with Crippen LogP contribution in [0.3, 0.4) is 0 Å². The molecule has 3 aromatic carbocycles. The molecule has 0 spiro atoms. The molecule has 4 rings (SSSR count). The molecule has 0 N–H and O–H groups in total. The zero-order valence-electron chi connectivity index (χ0n) is 16.5. The molecular weight excluding hydrogens is 380 g/mol. The largest absolute Gasteiger partial charge is 0.497 e. The highest BCUT2D eigenvalue weighted by molar-refractivity contribution is 7.22. The highest BCUT2D eigenvalue weighted by Gasteiger charge is 2.21. The Labute approximate surface area is 174 Å². The van der Waals surface area contributed by atoms with Crippen molar-refractivity contribution in [3.63, 3.8) is 0 Å². The van der Waals surface area contributed by atoms with Crippen molar-refractivity contribution in [3.8, 4) is 5.75 Å². The second kappa shape index (κ2) is 8.45. The number of hydrogen-bond acceptors (Lipinski definition) is 4. The zero-order chi connectivity index (χ0) is 20.2. The number of fused-ring (bicyclic) bond motifs is 1. The maximum Gasteiger partial charge on any atom is 0.233 e. The van der Waals surface area contributed by atoms with Gasteiger partial charge in [0, 0.05) is 0 Å². The SMILES string of the molecule is COc1ccc(CC(=O)N(Cc2ccccc2)c2nc3c(C)cccc3s2)cc1. The van der Waals surface area contributed by atoms with E-state index in [1.807, 2.05) is 73.7 Å². The summed E-state index contributed by atoms with van der Waals surface area (Å²) in [5.41, 5.74) is 4.10. The van der Waals surface area contributed by atoms with Crippen LogP contribution in [0.25, 0.3) is 10.2 Å². The molecular formula is C24H22N2O2S. The molecule has 0 saturated heterocycles. The van der Waals surface area contributed by atoms with Gasteiger partial charge in [-0.3, -0.25) is 9.69 Å². The van der Waals surface area contributed by atoms with E-state index in [-0.39, 0.29) is 5.91 Å². The van der Waals surface area contributed by atoms with Crippen LogP contribution in [0, 0.1) is 6.92 Å². The van der Waals surface area contributed by atoms with Gasteiger partial charge in [-0.2, -0.15) is 0 Å². The Bertz CT molecular complexity index is 1120. The Morgan fingerprint density at radius 1 is 0.966 bits per heavy atom. The average molecular weight is 403 g/mol. The maximum absolute atomic E-state index is 13.3. The topological polar surface area (TPSA) is 42.4 Å². The van der Waals surface area contributed by atoms with E-state index < -0.39 is 0 Å². The van der Waals surface area contributed by atoms with Crippen LogP contribution in [-0.2, 0) is 17.8 Å². The fraction of sp³-hybridized carbons (Fsp3) is 0.167. The quantitative estimate of drug-likeness (QED) is 0.434. The van der Waals surface area contributed by atoms with E-state index in [1.54, 1.807) is 23.3 Å². The Balaban J connectivity index is 1.66. The number of ether oxygens (including phenoxy) is 1. The minimum Gasteiger partial charge on any atom is -0.497 e. The molecule has 0 fully saturated rings. The fourth-order valence-electron chi connectivity index (χ4n) is 3.23. The third kappa shape index (κ3) is 4.30. The summed E-state index contributed by atoms with van der Waals surface area (Å²) < 4.78 is 6.30. The Morgan fingerprint density at radius 2 is 1.72 bits per heavy atom. The molecule has 29 heavy (non-hydrogen) atoms. The van der Waals surface area contributed by atoms with Crippen molar-refractivity contribution in [2.45, 2.75) is 19.9 Å². The number of aromatic nitrogens is 1. The number of benzene rings is 3. The van der Waals surface area contributed by atoms with Gasteiger partial charge in [0.1, 0.15) is 5.75 Å². The van der Waals surface area contributed by atoms with Crippen LogP contribution in [0.5, 0.6) is 5.75 Å². The van der Waals surface area contributed by atoms with Crippen LogP contribution in [0.4, 0.5) is 5.13 Å². The second-order valence-electron chi connectivity index (χ2n) is 6.91. The summed E-state index contributed by atoms with van der Waals surface area (Å²) in [7, 11) is 1.64. The summed E-state index contributed by atoms with van der Waals surface area (Å²) in [4.78, 5) is 19.9. The summed E-state index contributed by atoms with van der Waals surface area (Å²) >= 11 is 1.56. The lowest BCUT2D eigenvalue weighted by atomic mass is 10.1. The van der Waals surface area contributed by atoms with E-state index in [2.05, 4.69) is 6.07 Å². The van der Waals surface area contributed by atoms with Crippen LogP contribution in [0.1, 0.15) is 16.7 Å². The smallest absolute Gasteiger partial charge is 0.233 e. The van der Waals surface area contributed by atoms with Crippen molar-refractivity contribution < 1.29 is 9.53 Å². The molecule has 0 aliphatic rings. The average Bonchev–Trinajstić information content (AvgIpc) is 3.18. The van der Waals surface area contributed by atoms with Crippen molar-refractivity contribution in [1.29, 1.82) is 0 Å². The molecule has 4 nitrogen and oxygen atoms in total. The number of carbonyl (C=O) groups excluding carboxylic acids is 1. The van der Waals surface area contributed by atoms with Crippen molar-refractivity contribution in [2.75, 3.05) is 12.0 Å². The zero-order valence-corrected chi connectivity index (χ0v) is 17.3. The Kier molecular flexibility index (Phi) is 5.58. The predicted octanol–water partition coefficient (Wildman–Crippen LogP) is 5.39. The van der Waals surface area contributed by atoms with E-state index in [4.69, 9.17) is 9.72 Å². The second-order valence-corrected chi connectivity index (χ2v) is 7.92. The molecule has 0 aliphatic heterocycles. The van der Waals surface area contributed by atoms with Gasteiger partial charge in [-0.15, -0.1) is 0 Å². The molecule has 0 atom stereocenters. The van der Waals surface area contributed by atoms with Crippen LogP contribution < -0.4 is 9.64 Å². The molecule has 146 valence electrons. The number of rotatable bonds is 6. The molecule has 1 aromatic heterocycles. The van der Waals surface area contributed by atoms with Crippen molar-refractivity contribution in [1.82, 2.24) is 4.98 Å². The Hall–Kier alpha value is -3.18. The standard InChI is InChI=1S/C24H22N2O2S/c1-17-7-6-10-21-23(17)25-24(29-21)26(16-19-8-4-3-5-9-19)22(27)15-18-11-13-20(28-2)14-12-18/h3-14H,15-16H2,1-2H3. The molecule has 0 aliphatic carbocycles. The lowest BCUT2D eigenvalue weighted by molar-refractivity contribution is -0.118. The lowest BCUT2D eigenvalue weighted by Gasteiger charge is -2.20. The number of thiazole rings is 1. The first-order chi connectivity index (χ1) is 14.1.